The maximum Gasteiger partial charge on any atom is 0.160 e. The number of pyridine rings is 1. The Morgan fingerprint density at radius 2 is 0.754 bits per heavy atom. The van der Waals surface area contributed by atoms with Gasteiger partial charge in [-0.1, -0.05) is 200 Å². The van der Waals surface area contributed by atoms with Crippen molar-refractivity contribution < 1.29 is 0 Å². The zero-order chi connectivity index (χ0) is 40.5. The molecule has 4 heteroatoms. The second kappa shape index (κ2) is 15.5. The van der Waals surface area contributed by atoms with Crippen LogP contribution in [0.1, 0.15) is 0 Å². The number of nitrogens with zero attached hydrogens (tertiary/aromatic N) is 4. The van der Waals surface area contributed by atoms with Gasteiger partial charge in [-0.15, -0.1) is 0 Å². The lowest BCUT2D eigenvalue weighted by Crippen LogP contribution is -2.00. The van der Waals surface area contributed by atoms with Gasteiger partial charge in [-0.2, -0.15) is 5.10 Å². The molecule has 0 amide bonds. The van der Waals surface area contributed by atoms with Crippen LogP contribution < -0.4 is 0 Å². The Bertz CT molecular complexity index is 3250. The summed E-state index contributed by atoms with van der Waals surface area (Å²) >= 11 is 0. The summed E-state index contributed by atoms with van der Waals surface area (Å²) in [5.41, 5.74) is 17.0. The van der Waals surface area contributed by atoms with Crippen molar-refractivity contribution in [3.8, 4) is 89.7 Å². The van der Waals surface area contributed by atoms with Crippen molar-refractivity contribution in [3.05, 3.63) is 231 Å². The Morgan fingerprint density at radius 1 is 0.311 bits per heavy atom. The van der Waals surface area contributed by atoms with Gasteiger partial charge in [0.25, 0.3) is 0 Å². The summed E-state index contributed by atoms with van der Waals surface area (Å²) < 4.78 is 2.13. The van der Waals surface area contributed by atoms with Crippen LogP contribution in [0, 0.1) is 0 Å². The molecule has 0 saturated carbocycles. The van der Waals surface area contributed by atoms with Gasteiger partial charge in [0, 0.05) is 38.8 Å². The Morgan fingerprint density at radius 3 is 1.33 bits per heavy atom. The lowest BCUT2D eigenvalue weighted by Gasteiger charge is -2.18. The van der Waals surface area contributed by atoms with Gasteiger partial charge < -0.3 is 0 Å². The average Bonchev–Trinajstić information content (AvgIpc) is 3.80. The molecule has 0 aliphatic carbocycles. The summed E-state index contributed by atoms with van der Waals surface area (Å²) in [7, 11) is 0. The van der Waals surface area contributed by atoms with E-state index in [9.17, 15) is 0 Å². The summed E-state index contributed by atoms with van der Waals surface area (Å²) in [5.74, 6) is 0.664. The number of rotatable bonds is 8. The van der Waals surface area contributed by atoms with Crippen molar-refractivity contribution in [2.24, 2.45) is 0 Å². The fourth-order valence-electron chi connectivity index (χ4n) is 8.54. The van der Waals surface area contributed by atoms with Gasteiger partial charge >= 0.3 is 0 Å². The SMILES string of the molecule is c1ccc(-c2cc(-c3ccccc3)cc(-c3cc(-c4ccccc4)nc(-c4ccc(-c5c(-c6ccccc6)n6ncc(-c7ccccc7)c6c6ccccc56)cc4)n3)c2)cc1. The van der Waals surface area contributed by atoms with E-state index in [1.165, 1.54) is 0 Å². The third-order valence-corrected chi connectivity index (χ3v) is 11.5. The number of fused-ring (bicyclic) bond motifs is 3. The van der Waals surface area contributed by atoms with Gasteiger partial charge in [-0.3, -0.25) is 0 Å². The fraction of sp³-hybridized carbons (Fsp3) is 0. The minimum atomic E-state index is 0.664. The lowest BCUT2D eigenvalue weighted by molar-refractivity contribution is 0.976. The highest BCUT2D eigenvalue weighted by molar-refractivity contribution is 6.13. The molecule has 0 aliphatic heterocycles. The molecule has 286 valence electrons. The zero-order valence-electron chi connectivity index (χ0n) is 33.2. The first-order chi connectivity index (χ1) is 30.2. The van der Waals surface area contributed by atoms with E-state index in [1.54, 1.807) is 0 Å². The van der Waals surface area contributed by atoms with E-state index < -0.39 is 0 Å². The first-order valence-electron chi connectivity index (χ1n) is 20.6. The van der Waals surface area contributed by atoms with Crippen molar-refractivity contribution >= 4 is 16.3 Å². The summed E-state index contributed by atoms with van der Waals surface area (Å²) in [6.07, 6.45) is 2.00. The minimum Gasteiger partial charge on any atom is -0.231 e. The van der Waals surface area contributed by atoms with Crippen LogP contribution in [0.2, 0.25) is 0 Å². The van der Waals surface area contributed by atoms with Crippen LogP contribution in [0.5, 0.6) is 0 Å². The molecular formula is C57H38N4. The standard InChI is InChI=1S/C57H38N4/c1-6-18-39(19-7-1)46-34-47(40-20-8-2-9-21-40)36-48(35-46)53-37-52(42-24-12-4-13-25-42)59-57(60-53)45-32-30-43(31-33-45)54-49-28-16-17-29-50(49)56-51(41-22-10-3-11-23-41)38-58-61(56)55(54)44-26-14-5-15-27-44/h1-38H. The fourth-order valence-corrected chi connectivity index (χ4v) is 8.54. The summed E-state index contributed by atoms with van der Waals surface area (Å²) in [4.78, 5) is 10.6. The molecule has 61 heavy (non-hydrogen) atoms. The molecule has 11 aromatic rings. The molecule has 0 unspecified atom stereocenters. The molecular weight excluding hydrogens is 741 g/mol. The zero-order valence-corrected chi connectivity index (χ0v) is 33.2. The van der Waals surface area contributed by atoms with E-state index in [0.717, 1.165) is 100 Å². The van der Waals surface area contributed by atoms with Crippen molar-refractivity contribution in [1.29, 1.82) is 0 Å². The third kappa shape index (κ3) is 6.76. The molecule has 0 radical (unpaired) electrons. The summed E-state index contributed by atoms with van der Waals surface area (Å²) in [5, 5.41) is 7.41. The summed E-state index contributed by atoms with van der Waals surface area (Å²) in [6, 6.07) is 78.9. The molecule has 11 rings (SSSR count). The second-order valence-electron chi connectivity index (χ2n) is 15.3. The highest BCUT2D eigenvalue weighted by atomic mass is 15.2. The van der Waals surface area contributed by atoms with Crippen LogP contribution in [0.4, 0.5) is 0 Å². The molecule has 0 bridgehead atoms. The molecule has 8 aromatic carbocycles. The van der Waals surface area contributed by atoms with Crippen LogP contribution in [0.3, 0.4) is 0 Å². The van der Waals surface area contributed by atoms with Crippen LogP contribution in [-0.2, 0) is 0 Å². The molecule has 0 spiro atoms. The van der Waals surface area contributed by atoms with Gasteiger partial charge in [0.05, 0.1) is 28.8 Å². The number of benzene rings is 8. The van der Waals surface area contributed by atoms with Crippen LogP contribution >= 0.6 is 0 Å². The number of hydrogen-bond donors (Lipinski definition) is 0. The van der Waals surface area contributed by atoms with E-state index >= 15 is 0 Å². The maximum atomic E-state index is 5.33. The topological polar surface area (TPSA) is 43.1 Å². The summed E-state index contributed by atoms with van der Waals surface area (Å²) in [6.45, 7) is 0. The molecule has 3 aromatic heterocycles. The smallest absolute Gasteiger partial charge is 0.160 e. The number of hydrogen-bond acceptors (Lipinski definition) is 3. The van der Waals surface area contributed by atoms with E-state index in [4.69, 9.17) is 15.1 Å². The highest BCUT2D eigenvalue weighted by Gasteiger charge is 2.22. The quantitative estimate of drug-likeness (QED) is 0.154. The van der Waals surface area contributed by atoms with Crippen LogP contribution in [0.15, 0.2) is 231 Å². The van der Waals surface area contributed by atoms with E-state index in [0.29, 0.717) is 5.82 Å². The van der Waals surface area contributed by atoms with E-state index in [1.807, 2.05) is 12.3 Å². The predicted octanol–water partition coefficient (Wildman–Crippen LogP) is 14.6. The molecule has 0 atom stereocenters. The van der Waals surface area contributed by atoms with Crippen LogP contribution in [0.25, 0.3) is 106 Å². The second-order valence-corrected chi connectivity index (χ2v) is 15.3. The molecule has 3 heterocycles. The number of aromatic nitrogens is 4. The third-order valence-electron chi connectivity index (χ3n) is 11.5. The van der Waals surface area contributed by atoms with Crippen LogP contribution in [-0.4, -0.2) is 19.6 Å². The average molecular weight is 779 g/mol. The predicted molar refractivity (Wildman–Crippen MR) is 252 cm³/mol. The van der Waals surface area contributed by atoms with E-state index in [2.05, 4.69) is 223 Å². The van der Waals surface area contributed by atoms with E-state index in [-0.39, 0.29) is 0 Å². The van der Waals surface area contributed by atoms with Crippen molar-refractivity contribution in [1.82, 2.24) is 19.6 Å². The molecule has 0 aliphatic rings. The monoisotopic (exact) mass is 778 g/mol. The normalized spacial score (nSPS) is 11.3. The van der Waals surface area contributed by atoms with Crippen molar-refractivity contribution in [2.75, 3.05) is 0 Å². The first kappa shape index (κ1) is 35.9. The van der Waals surface area contributed by atoms with Gasteiger partial charge in [-0.05, 0) is 63.0 Å². The molecule has 0 N–H and O–H groups in total. The largest absolute Gasteiger partial charge is 0.231 e. The maximum absolute atomic E-state index is 5.33. The van der Waals surface area contributed by atoms with Crippen molar-refractivity contribution in [3.63, 3.8) is 0 Å². The Kier molecular flexibility index (Phi) is 9.14. The van der Waals surface area contributed by atoms with Gasteiger partial charge in [0.15, 0.2) is 5.82 Å². The Labute approximate surface area is 354 Å². The van der Waals surface area contributed by atoms with Gasteiger partial charge in [0.2, 0.25) is 0 Å². The molecule has 0 fully saturated rings. The van der Waals surface area contributed by atoms with Crippen molar-refractivity contribution in [2.45, 2.75) is 0 Å². The minimum absolute atomic E-state index is 0.664. The Balaban J connectivity index is 1.09. The first-order valence-corrected chi connectivity index (χ1v) is 20.6. The highest BCUT2D eigenvalue weighted by Crippen LogP contribution is 2.43. The Hall–Kier alpha value is -8.21. The van der Waals surface area contributed by atoms with Gasteiger partial charge in [-0.25, -0.2) is 14.5 Å². The molecule has 4 nitrogen and oxygen atoms in total. The van der Waals surface area contributed by atoms with Gasteiger partial charge in [0.1, 0.15) is 0 Å². The molecule has 0 saturated heterocycles. The lowest BCUT2D eigenvalue weighted by atomic mass is 9.91.